The second kappa shape index (κ2) is 5.34. The second-order valence-electron chi connectivity index (χ2n) is 5.81. The third kappa shape index (κ3) is 2.88. The Balaban J connectivity index is 2.95. The minimum absolute atomic E-state index is 0.151. The van der Waals surface area contributed by atoms with Gasteiger partial charge in [-0.1, -0.05) is 13.3 Å². The monoisotopic (exact) mass is 257 g/mol. The summed E-state index contributed by atoms with van der Waals surface area (Å²) in [6.07, 6.45) is 3.03. The first-order chi connectivity index (χ1) is 8.25. The summed E-state index contributed by atoms with van der Waals surface area (Å²) in [7, 11) is 0. The maximum atomic E-state index is 11.6. The molecule has 0 amide bonds. The molecule has 1 aliphatic carbocycles. The van der Waals surface area contributed by atoms with E-state index in [2.05, 4.69) is 0 Å². The molecule has 0 bridgehead atoms. The highest BCUT2D eigenvalue weighted by atomic mass is 16.6. The number of hydrogen-bond donors (Lipinski definition) is 1. The minimum Gasteiger partial charge on any atom is -0.389 e. The molecule has 0 aliphatic heterocycles. The fourth-order valence-corrected chi connectivity index (χ4v) is 2.93. The van der Waals surface area contributed by atoms with Crippen molar-refractivity contribution in [2.75, 3.05) is 0 Å². The molecule has 0 radical (unpaired) electrons. The average molecular weight is 257 g/mol. The van der Waals surface area contributed by atoms with Gasteiger partial charge >= 0.3 is 0 Å². The summed E-state index contributed by atoms with van der Waals surface area (Å²) in [6.45, 7) is 5.02. The van der Waals surface area contributed by atoms with Gasteiger partial charge in [-0.25, -0.2) is 0 Å². The van der Waals surface area contributed by atoms with Gasteiger partial charge in [0.25, 0.3) is 0 Å². The first-order valence-electron chi connectivity index (χ1n) is 6.62. The van der Waals surface area contributed by atoms with Crippen molar-refractivity contribution in [3.8, 4) is 0 Å². The number of aliphatic hydroxyl groups is 1. The zero-order valence-electron chi connectivity index (χ0n) is 11.4. The zero-order chi connectivity index (χ0) is 14.0. The van der Waals surface area contributed by atoms with Crippen LogP contribution in [0.2, 0.25) is 0 Å². The highest BCUT2D eigenvalue weighted by Crippen LogP contribution is 2.43. The van der Waals surface area contributed by atoms with E-state index >= 15 is 0 Å². The summed E-state index contributed by atoms with van der Waals surface area (Å²) < 4.78 is 0. The molecule has 1 saturated carbocycles. The number of hydrogen-bond acceptors (Lipinski definition) is 4. The Labute approximate surface area is 108 Å². The van der Waals surface area contributed by atoms with Gasteiger partial charge in [0.2, 0.25) is 5.54 Å². The van der Waals surface area contributed by atoms with Crippen LogP contribution < -0.4 is 0 Å². The molecule has 0 saturated heterocycles. The number of unbranched alkanes of at least 4 members (excludes halogenated alkanes) is 1. The molecule has 1 N–H and O–H groups in total. The van der Waals surface area contributed by atoms with Crippen LogP contribution >= 0.6 is 0 Å². The summed E-state index contributed by atoms with van der Waals surface area (Å²) in [6, 6.07) is 0. The van der Waals surface area contributed by atoms with Crippen molar-refractivity contribution in [1.82, 2.24) is 0 Å². The largest absolute Gasteiger partial charge is 0.389 e. The fraction of sp³-hybridized carbons (Fsp3) is 0.923. The van der Waals surface area contributed by atoms with Gasteiger partial charge in [-0.05, 0) is 26.7 Å². The first kappa shape index (κ1) is 15.1. The van der Waals surface area contributed by atoms with Crippen LogP contribution in [0.1, 0.15) is 59.3 Å². The molecule has 18 heavy (non-hydrogen) atoms. The molecular weight excluding hydrogens is 234 g/mol. The molecule has 3 atom stereocenters. The molecular formula is C13H23NO4. The van der Waals surface area contributed by atoms with Gasteiger partial charge in [0, 0.05) is 24.2 Å². The minimum atomic E-state index is -1.10. The summed E-state index contributed by atoms with van der Waals surface area (Å²) in [5.41, 5.74) is -2.12. The second-order valence-corrected chi connectivity index (χ2v) is 5.81. The molecule has 0 heterocycles. The van der Waals surface area contributed by atoms with Gasteiger partial charge in [-0.2, -0.15) is 0 Å². The Bertz CT molecular complexity index is 340. The van der Waals surface area contributed by atoms with E-state index in [-0.39, 0.29) is 17.1 Å². The molecule has 1 aliphatic rings. The lowest BCUT2D eigenvalue weighted by atomic mass is 9.65. The van der Waals surface area contributed by atoms with E-state index in [1.54, 1.807) is 6.92 Å². The van der Waals surface area contributed by atoms with Crippen molar-refractivity contribution in [1.29, 1.82) is 0 Å². The number of nitro groups is 1. The molecule has 1 rings (SSSR count). The van der Waals surface area contributed by atoms with Crippen molar-refractivity contribution < 1.29 is 14.8 Å². The van der Waals surface area contributed by atoms with E-state index in [0.717, 1.165) is 12.8 Å². The predicted molar refractivity (Wildman–Crippen MR) is 67.9 cm³/mol. The van der Waals surface area contributed by atoms with Crippen molar-refractivity contribution in [2.45, 2.75) is 70.4 Å². The van der Waals surface area contributed by atoms with Crippen molar-refractivity contribution >= 4 is 5.78 Å². The lowest BCUT2D eigenvalue weighted by Crippen LogP contribution is -2.53. The van der Waals surface area contributed by atoms with Gasteiger partial charge in [0.05, 0.1) is 11.5 Å². The molecule has 0 aromatic carbocycles. The van der Waals surface area contributed by atoms with Crippen molar-refractivity contribution in [3.05, 3.63) is 10.1 Å². The van der Waals surface area contributed by atoms with Gasteiger partial charge in [-0.15, -0.1) is 0 Å². The lowest BCUT2D eigenvalue weighted by Gasteiger charge is -2.42. The Morgan fingerprint density at radius 3 is 2.56 bits per heavy atom. The number of carbonyl (C=O) groups is 1. The van der Waals surface area contributed by atoms with E-state index in [0.29, 0.717) is 19.3 Å². The van der Waals surface area contributed by atoms with Gasteiger partial charge in [-0.3, -0.25) is 14.9 Å². The molecule has 0 spiro atoms. The normalized spacial score (nSPS) is 36.3. The molecule has 104 valence electrons. The van der Waals surface area contributed by atoms with Crippen LogP contribution in [0.4, 0.5) is 0 Å². The zero-order valence-corrected chi connectivity index (χ0v) is 11.4. The average Bonchev–Trinajstić information content (AvgIpc) is 2.27. The summed E-state index contributed by atoms with van der Waals surface area (Å²) in [5, 5.41) is 21.6. The summed E-state index contributed by atoms with van der Waals surface area (Å²) in [4.78, 5) is 22.8. The highest BCUT2D eigenvalue weighted by Gasteiger charge is 2.54. The van der Waals surface area contributed by atoms with Crippen molar-refractivity contribution in [3.63, 3.8) is 0 Å². The number of rotatable bonds is 5. The summed E-state index contributed by atoms with van der Waals surface area (Å²) in [5.74, 6) is -0.768. The van der Waals surface area contributed by atoms with E-state index in [1.165, 1.54) is 6.92 Å². The van der Waals surface area contributed by atoms with Gasteiger partial charge in [0.15, 0.2) is 0 Å². The number of Topliss-reactive ketones (excluding diaryl/α,β-unsaturated/α-hetero) is 1. The highest BCUT2D eigenvalue weighted by molar-refractivity contribution is 5.79. The van der Waals surface area contributed by atoms with Crippen molar-refractivity contribution in [2.24, 2.45) is 5.92 Å². The number of carbonyl (C=O) groups excluding carboxylic acids is 1. The predicted octanol–water partition coefficient (Wildman–Crippen LogP) is 2.33. The van der Waals surface area contributed by atoms with Crippen LogP contribution in [0.15, 0.2) is 0 Å². The molecule has 5 nitrogen and oxygen atoms in total. The standard InChI is InChI=1S/C13H23NO4/c1-4-5-6-13(14(17)18)8-7-12(3,16)11(9-13)10(2)15/h11,16H,4-9H2,1-3H3/t11-,12-,13+/m0/s1. The first-order valence-corrected chi connectivity index (χ1v) is 6.62. The lowest BCUT2D eigenvalue weighted by molar-refractivity contribution is -0.579. The number of ketones is 1. The van der Waals surface area contributed by atoms with Crippen LogP contribution in [-0.2, 0) is 4.79 Å². The molecule has 0 unspecified atom stereocenters. The van der Waals surface area contributed by atoms with Crippen LogP contribution in [0.25, 0.3) is 0 Å². The Morgan fingerprint density at radius 2 is 2.11 bits per heavy atom. The van der Waals surface area contributed by atoms with Gasteiger partial charge in [0.1, 0.15) is 5.78 Å². The van der Waals surface area contributed by atoms with E-state index in [4.69, 9.17) is 0 Å². The fourth-order valence-electron chi connectivity index (χ4n) is 2.93. The maximum Gasteiger partial charge on any atom is 0.223 e. The van der Waals surface area contributed by atoms with E-state index in [9.17, 15) is 20.0 Å². The third-order valence-electron chi connectivity index (χ3n) is 4.30. The quantitative estimate of drug-likeness (QED) is 0.605. The SMILES string of the molecule is CCCC[C@@]1([N+](=O)[O-])CC[C@](C)(O)[C@H](C(C)=O)C1. The molecule has 0 aromatic rings. The van der Waals surface area contributed by atoms with Crippen LogP contribution in [0.3, 0.4) is 0 Å². The Morgan fingerprint density at radius 1 is 1.50 bits per heavy atom. The molecule has 5 heteroatoms. The van der Waals surface area contributed by atoms with E-state index < -0.39 is 17.1 Å². The Hall–Kier alpha value is -0.970. The smallest absolute Gasteiger partial charge is 0.223 e. The maximum absolute atomic E-state index is 11.6. The Kier molecular flexibility index (Phi) is 4.48. The van der Waals surface area contributed by atoms with Crippen LogP contribution in [0, 0.1) is 16.0 Å². The topological polar surface area (TPSA) is 80.4 Å². The van der Waals surface area contributed by atoms with Crippen LogP contribution in [0.5, 0.6) is 0 Å². The molecule has 1 fully saturated rings. The third-order valence-corrected chi connectivity index (χ3v) is 4.30. The number of nitrogens with zero attached hydrogens (tertiary/aromatic N) is 1. The van der Waals surface area contributed by atoms with Crippen LogP contribution in [-0.4, -0.2) is 27.0 Å². The molecule has 0 aromatic heterocycles. The van der Waals surface area contributed by atoms with Gasteiger partial charge < -0.3 is 5.11 Å². The van der Waals surface area contributed by atoms with E-state index in [1.807, 2.05) is 6.92 Å². The summed E-state index contributed by atoms with van der Waals surface area (Å²) >= 11 is 0.